The summed E-state index contributed by atoms with van der Waals surface area (Å²) in [5, 5.41) is 4.06. The minimum atomic E-state index is -0.137. The van der Waals surface area contributed by atoms with Crippen LogP contribution in [0.2, 0.25) is 0 Å². The van der Waals surface area contributed by atoms with Gasteiger partial charge in [0.05, 0.1) is 35.6 Å². The topological polar surface area (TPSA) is 67.4 Å². The molecule has 26 heavy (non-hydrogen) atoms. The van der Waals surface area contributed by atoms with Crippen LogP contribution in [0.5, 0.6) is 5.75 Å². The van der Waals surface area contributed by atoms with E-state index in [-0.39, 0.29) is 11.9 Å². The highest BCUT2D eigenvalue weighted by atomic mass is 16.5. The molecule has 4 rings (SSSR count). The molecule has 0 aliphatic carbocycles. The van der Waals surface area contributed by atoms with E-state index in [9.17, 15) is 4.79 Å². The van der Waals surface area contributed by atoms with Gasteiger partial charge in [0.25, 0.3) is 5.91 Å². The van der Waals surface area contributed by atoms with Crippen LogP contribution in [-0.2, 0) is 0 Å². The maximum atomic E-state index is 13.1. The molecule has 1 amide bonds. The molecule has 3 heterocycles. The van der Waals surface area contributed by atoms with Crippen molar-refractivity contribution in [1.29, 1.82) is 0 Å². The van der Waals surface area contributed by atoms with Crippen molar-refractivity contribution in [2.45, 2.75) is 12.5 Å². The smallest absolute Gasteiger partial charge is 0.255 e. The summed E-state index contributed by atoms with van der Waals surface area (Å²) in [5.41, 5.74) is 3.17. The van der Waals surface area contributed by atoms with E-state index in [1.54, 1.807) is 18.6 Å². The van der Waals surface area contributed by atoms with E-state index in [2.05, 4.69) is 15.3 Å². The van der Waals surface area contributed by atoms with Crippen LogP contribution in [0.15, 0.2) is 48.9 Å². The highest BCUT2D eigenvalue weighted by Crippen LogP contribution is 2.33. The van der Waals surface area contributed by atoms with E-state index in [0.29, 0.717) is 12.2 Å². The maximum absolute atomic E-state index is 13.1. The van der Waals surface area contributed by atoms with Crippen molar-refractivity contribution in [3.63, 3.8) is 0 Å². The predicted molar refractivity (Wildman–Crippen MR) is 101 cm³/mol. The molecule has 0 fully saturated rings. The fourth-order valence-corrected chi connectivity index (χ4v) is 3.41. The quantitative estimate of drug-likeness (QED) is 0.788. The Hall–Kier alpha value is -3.15. The van der Waals surface area contributed by atoms with Gasteiger partial charge in [-0.25, -0.2) is 0 Å². The summed E-state index contributed by atoms with van der Waals surface area (Å²) in [7, 11) is 3.85. The van der Waals surface area contributed by atoms with Gasteiger partial charge >= 0.3 is 0 Å². The minimum Gasteiger partial charge on any atom is -0.493 e. The number of anilines is 1. The molecule has 0 saturated heterocycles. The van der Waals surface area contributed by atoms with Crippen molar-refractivity contribution in [3.05, 3.63) is 60.0 Å². The van der Waals surface area contributed by atoms with Crippen LogP contribution in [0.25, 0.3) is 10.9 Å². The molecule has 3 aromatic rings. The molecule has 6 nitrogen and oxygen atoms in total. The number of hydrogen-bond donors (Lipinski definition) is 1. The average molecular weight is 348 g/mol. The van der Waals surface area contributed by atoms with Gasteiger partial charge in [-0.3, -0.25) is 14.8 Å². The third-order valence-electron chi connectivity index (χ3n) is 4.60. The first-order chi connectivity index (χ1) is 12.6. The van der Waals surface area contributed by atoms with Crippen LogP contribution >= 0.6 is 0 Å². The van der Waals surface area contributed by atoms with Crippen molar-refractivity contribution in [2.75, 3.05) is 25.6 Å². The maximum Gasteiger partial charge on any atom is 0.255 e. The first-order valence-corrected chi connectivity index (χ1v) is 8.58. The lowest BCUT2D eigenvalue weighted by Gasteiger charge is -2.27. The molecule has 0 saturated carbocycles. The fourth-order valence-electron chi connectivity index (χ4n) is 3.41. The lowest BCUT2D eigenvalue weighted by atomic mass is 10.00. The lowest BCUT2D eigenvalue weighted by Crippen LogP contribution is -2.33. The molecule has 0 spiro atoms. The number of pyridine rings is 2. The van der Waals surface area contributed by atoms with E-state index >= 15 is 0 Å². The van der Waals surface area contributed by atoms with E-state index in [0.717, 1.165) is 34.3 Å². The predicted octanol–water partition coefficient (Wildman–Crippen LogP) is 2.95. The number of nitrogens with zero attached hydrogens (tertiary/aromatic N) is 3. The van der Waals surface area contributed by atoms with Crippen LogP contribution < -0.4 is 15.0 Å². The third-order valence-corrected chi connectivity index (χ3v) is 4.60. The molecule has 6 heteroatoms. The van der Waals surface area contributed by atoms with Gasteiger partial charge in [0.15, 0.2) is 0 Å². The summed E-state index contributed by atoms with van der Waals surface area (Å²) in [6.45, 7) is 0.587. The van der Waals surface area contributed by atoms with E-state index in [4.69, 9.17) is 4.74 Å². The number of carbonyl (C=O) groups excluding carboxylic acids is 1. The monoisotopic (exact) mass is 348 g/mol. The number of amides is 1. The van der Waals surface area contributed by atoms with Crippen molar-refractivity contribution >= 4 is 22.5 Å². The van der Waals surface area contributed by atoms with Crippen LogP contribution in [-0.4, -0.2) is 36.6 Å². The van der Waals surface area contributed by atoms with E-state index in [1.165, 1.54) is 0 Å². The number of carbonyl (C=O) groups is 1. The van der Waals surface area contributed by atoms with Crippen molar-refractivity contribution in [1.82, 2.24) is 15.3 Å². The number of aromatic nitrogens is 2. The molecular weight excluding hydrogens is 328 g/mol. The number of nitrogens with one attached hydrogen (secondary N) is 1. The average Bonchev–Trinajstić information content (AvgIpc) is 2.67. The molecule has 1 aliphatic heterocycles. The van der Waals surface area contributed by atoms with Gasteiger partial charge in [0.1, 0.15) is 5.75 Å². The van der Waals surface area contributed by atoms with Gasteiger partial charge in [-0.2, -0.15) is 0 Å². The number of hydrogen-bond acceptors (Lipinski definition) is 5. The molecule has 1 aliphatic rings. The van der Waals surface area contributed by atoms with Crippen LogP contribution in [0.3, 0.4) is 0 Å². The third kappa shape index (κ3) is 2.83. The largest absolute Gasteiger partial charge is 0.493 e. The van der Waals surface area contributed by atoms with Gasteiger partial charge in [-0.05, 0) is 12.1 Å². The number of rotatable bonds is 3. The summed E-state index contributed by atoms with van der Waals surface area (Å²) in [6, 6.07) is 9.64. The number of benzene rings is 1. The SMILES string of the molecule is CN(C)c1c(C(=O)N[C@H]2CCOc3ccccc32)cnc2cnccc12. The Balaban J connectivity index is 1.70. The van der Waals surface area contributed by atoms with Gasteiger partial charge < -0.3 is 15.0 Å². The Labute approximate surface area is 151 Å². The van der Waals surface area contributed by atoms with Crippen molar-refractivity contribution in [2.24, 2.45) is 0 Å². The summed E-state index contributed by atoms with van der Waals surface area (Å²) < 4.78 is 5.68. The molecular formula is C20H20N4O2. The van der Waals surface area contributed by atoms with Crippen LogP contribution in [0.1, 0.15) is 28.4 Å². The Morgan fingerprint density at radius 2 is 2.08 bits per heavy atom. The van der Waals surface area contributed by atoms with Gasteiger partial charge in [-0.15, -0.1) is 0 Å². The zero-order valence-corrected chi connectivity index (χ0v) is 14.8. The van der Waals surface area contributed by atoms with Crippen LogP contribution in [0.4, 0.5) is 5.69 Å². The second kappa shape index (κ2) is 6.63. The molecule has 0 bridgehead atoms. The van der Waals surface area contributed by atoms with Crippen LogP contribution in [0, 0.1) is 0 Å². The Bertz CT molecular complexity index is 971. The molecule has 1 aromatic carbocycles. The summed E-state index contributed by atoms with van der Waals surface area (Å²) in [5.74, 6) is 0.696. The summed E-state index contributed by atoms with van der Waals surface area (Å²) >= 11 is 0. The molecule has 0 radical (unpaired) electrons. The van der Waals surface area contributed by atoms with Gasteiger partial charge in [0.2, 0.25) is 0 Å². The van der Waals surface area contributed by atoms with Crippen molar-refractivity contribution < 1.29 is 9.53 Å². The van der Waals surface area contributed by atoms with Crippen molar-refractivity contribution in [3.8, 4) is 5.75 Å². The first-order valence-electron chi connectivity index (χ1n) is 8.58. The van der Waals surface area contributed by atoms with Gasteiger partial charge in [0, 0.05) is 43.9 Å². The molecule has 1 atom stereocenters. The standard InChI is InChI=1S/C20H20N4O2/c1-24(2)19-14-7-9-21-12-17(14)22-11-15(19)20(25)23-16-8-10-26-18-6-4-3-5-13(16)18/h3-7,9,11-12,16H,8,10H2,1-2H3,(H,23,25)/t16-/m0/s1. The number of para-hydroxylation sites is 1. The zero-order valence-electron chi connectivity index (χ0n) is 14.8. The first kappa shape index (κ1) is 16.3. The molecule has 1 N–H and O–H groups in total. The minimum absolute atomic E-state index is 0.0735. The Morgan fingerprint density at radius 3 is 2.92 bits per heavy atom. The zero-order chi connectivity index (χ0) is 18.1. The molecule has 132 valence electrons. The lowest BCUT2D eigenvalue weighted by molar-refractivity contribution is 0.0925. The Kier molecular flexibility index (Phi) is 4.16. The number of ether oxygens (including phenoxy) is 1. The molecule has 0 unspecified atom stereocenters. The highest BCUT2D eigenvalue weighted by Gasteiger charge is 2.25. The second-order valence-corrected chi connectivity index (χ2v) is 6.51. The normalized spacial score (nSPS) is 15.8. The van der Waals surface area contributed by atoms with E-state index in [1.807, 2.05) is 49.3 Å². The fraction of sp³-hybridized carbons (Fsp3) is 0.250. The Morgan fingerprint density at radius 1 is 1.23 bits per heavy atom. The number of fused-ring (bicyclic) bond motifs is 2. The molecule has 2 aromatic heterocycles. The summed E-state index contributed by atoms with van der Waals surface area (Å²) in [4.78, 5) is 23.5. The second-order valence-electron chi connectivity index (χ2n) is 6.51. The van der Waals surface area contributed by atoms with E-state index < -0.39 is 0 Å². The highest BCUT2D eigenvalue weighted by molar-refractivity contribution is 6.07. The summed E-state index contributed by atoms with van der Waals surface area (Å²) in [6.07, 6.45) is 5.79. The van der Waals surface area contributed by atoms with Gasteiger partial charge in [-0.1, -0.05) is 18.2 Å².